The van der Waals surface area contributed by atoms with Crippen molar-refractivity contribution in [2.24, 2.45) is 0 Å². The fraction of sp³-hybridized carbons (Fsp3) is 0.464. The van der Waals surface area contributed by atoms with Crippen LogP contribution in [0.4, 0.5) is 10.5 Å². The zero-order chi connectivity index (χ0) is 30.5. The number of hydrogen-bond donors (Lipinski definition) is 0. The molecule has 2 aromatic carbocycles. The molecular weight excluding hydrogens is 552 g/mol. The van der Waals surface area contributed by atoms with Crippen LogP contribution in [0, 0.1) is 10.1 Å². The lowest BCUT2D eigenvalue weighted by Crippen LogP contribution is -2.50. The van der Waals surface area contributed by atoms with Gasteiger partial charge in [-0.2, -0.15) is 4.31 Å². The summed E-state index contributed by atoms with van der Waals surface area (Å²) in [4.78, 5) is 52.5. The van der Waals surface area contributed by atoms with Gasteiger partial charge in [-0.3, -0.25) is 24.6 Å². The smallest absolute Gasteiger partial charge is 0.410 e. The topological polar surface area (TPSA) is 147 Å². The summed E-state index contributed by atoms with van der Waals surface area (Å²) >= 11 is 0. The Kier molecular flexibility index (Phi) is 9.87. The van der Waals surface area contributed by atoms with Crippen LogP contribution >= 0.6 is 0 Å². The van der Waals surface area contributed by atoms with Gasteiger partial charge >= 0.3 is 6.09 Å². The molecule has 0 N–H and O–H groups in total. The predicted octanol–water partition coefficient (Wildman–Crippen LogP) is 4.31. The largest absolute Gasteiger partial charge is 0.444 e. The van der Waals surface area contributed by atoms with Gasteiger partial charge in [-0.05, 0) is 64.8 Å². The Morgan fingerprint density at radius 2 is 1.56 bits per heavy atom. The van der Waals surface area contributed by atoms with Gasteiger partial charge in [0.15, 0.2) is 0 Å². The second kappa shape index (κ2) is 12.8. The highest BCUT2D eigenvalue weighted by molar-refractivity contribution is 7.89. The summed E-state index contributed by atoms with van der Waals surface area (Å²) in [5.74, 6) is -1.03. The molecule has 1 aliphatic rings. The van der Waals surface area contributed by atoms with Gasteiger partial charge < -0.3 is 9.64 Å². The number of rotatable bonds is 12. The van der Waals surface area contributed by atoms with Crippen LogP contribution in [0.15, 0.2) is 53.4 Å². The molecule has 13 heteroatoms. The van der Waals surface area contributed by atoms with Crippen molar-refractivity contribution in [3.8, 4) is 0 Å². The number of ether oxygens (including phenoxy) is 1. The lowest BCUT2D eigenvalue weighted by molar-refractivity contribution is -0.384. The highest BCUT2D eigenvalue weighted by Gasteiger charge is 2.41. The van der Waals surface area contributed by atoms with E-state index < -0.39 is 44.5 Å². The van der Waals surface area contributed by atoms with Gasteiger partial charge in [-0.1, -0.05) is 19.1 Å². The molecule has 0 radical (unpaired) electrons. The molecule has 12 nitrogen and oxygen atoms in total. The number of benzene rings is 2. The minimum Gasteiger partial charge on any atom is -0.444 e. The van der Waals surface area contributed by atoms with Crippen molar-refractivity contribution in [2.45, 2.75) is 64.0 Å². The van der Waals surface area contributed by atoms with E-state index in [9.17, 15) is 32.9 Å². The number of likely N-dealkylation sites (N-methyl/N-ethyl adjacent to an activating group) is 1. The van der Waals surface area contributed by atoms with Crippen molar-refractivity contribution in [1.29, 1.82) is 0 Å². The van der Waals surface area contributed by atoms with E-state index in [0.717, 1.165) is 17.0 Å². The molecular formula is C28H36N4O8S. The third-order valence-electron chi connectivity index (χ3n) is 6.53. The highest BCUT2D eigenvalue weighted by Crippen LogP contribution is 2.27. The molecule has 3 amide bonds. The van der Waals surface area contributed by atoms with E-state index in [-0.39, 0.29) is 54.3 Å². The molecule has 1 heterocycles. The van der Waals surface area contributed by atoms with Gasteiger partial charge in [0.25, 0.3) is 17.5 Å². The molecule has 0 aromatic heterocycles. The molecule has 0 bridgehead atoms. The van der Waals surface area contributed by atoms with Gasteiger partial charge in [0.05, 0.1) is 27.0 Å². The van der Waals surface area contributed by atoms with E-state index in [4.69, 9.17) is 4.74 Å². The predicted molar refractivity (Wildman–Crippen MR) is 151 cm³/mol. The van der Waals surface area contributed by atoms with Gasteiger partial charge in [0, 0.05) is 38.3 Å². The normalized spacial score (nSPS) is 14.2. The number of nitrogens with zero attached hydrogens (tertiary/aromatic N) is 4. The SMILES string of the molecule is CCCN(CCC(CN(CC)C(=O)OC(C)(C)C)N1C(=O)c2ccccc2C1=O)S(=O)(=O)c1ccc([N+](=O)[O-])cc1. The molecule has 1 atom stereocenters. The quantitative estimate of drug-likeness (QED) is 0.202. The summed E-state index contributed by atoms with van der Waals surface area (Å²) in [6.07, 6.45) is -0.106. The second-order valence-corrected chi connectivity index (χ2v) is 12.6. The fourth-order valence-electron chi connectivity index (χ4n) is 4.54. The van der Waals surface area contributed by atoms with Crippen LogP contribution in [0.2, 0.25) is 0 Å². The molecule has 0 aliphatic carbocycles. The summed E-state index contributed by atoms with van der Waals surface area (Å²) in [5.41, 5.74) is -0.524. The zero-order valence-electron chi connectivity index (χ0n) is 23.9. The molecule has 0 saturated heterocycles. The monoisotopic (exact) mass is 588 g/mol. The summed E-state index contributed by atoms with van der Waals surface area (Å²) in [5, 5.41) is 11.0. The van der Waals surface area contributed by atoms with Crippen LogP contribution in [0.5, 0.6) is 0 Å². The molecule has 1 unspecified atom stereocenters. The zero-order valence-corrected chi connectivity index (χ0v) is 24.7. The Balaban J connectivity index is 1.93. The van der Waals surface area contributed by atoms with Gasteiger partial charge in [0.2, 0.25) is 10.0 Å². The summed E-state index contributed by atoms with van der Waals surface area (Å²) in [7, 11) is -4.06. The molecule has 222 valence electrons. The summed E-state index contributed by atoms with van der Waals surface area (Å²) < 4.78 is 33.8. The third kappa shape index (κ3) is 7.27. The Labute approximate surface area is 240 Å². The molecule has 41 heavy (non-hydrogen) atoms. The Morgan fingerprint density at radius 3 is 2.02 bits per heavy atom. The first-order valence-corrected chi connectivity index (χ1v) is 14.8. The summed E-state index contributed by atoms with van der Waals surface area (Å²) in [6, 6.07) is 10.2. The van der Waals surface area contributed by atoms with Gasteiger partial charge in [-0.25, -0.2) is 13.2 Å². The van der Waals surface area contributed by atoms with E-state index in [2.05, 4.69) is 0 Å². The van der Waals surface area contributed by atoms with Crippen LogP contribution < -0.4 is 0 Å². The van der Waals surface area contributed by atoms with E-state index in [1.165, 1.54) is 21.3 Å². The first-order valence-electron chi connectivity index (χ1n) is 13.4. The van der Waals surface area contributed by atoms with Crippen molar-refractivity contribution in [2.75, 3.05) is 26.2 Å². The number of fused-ring (bicyclic) bond motifs is 1. The number of carbonyl (C=O) groups is 3. The number of amides is 3. The number of sulfonamides is 1. The van der Waals surface area contributed by atoms with Crippen molar-refractivity contribution in [3.05, 3.63) is 69.8 Å². The fourth-order valence-corrected chi connectivity index (χ4v) is 6.09. The van der Waals surface area contributed by atoms with Crippen molar-refractivity contribution >= 4 is 33.6 Å². The number of nitro benzene ring substituents is 1. The number of carbonyl (C=O) groups excluding carboxylic acids is 3. The number of imide groups is 1. The van der Waals surface area contributed by atoms with Crippen LogP contribution in [0.1, 0.15) is 68.2 Å². The van der Waals surface area contributed by atoms with Crippen LogP contribution in [-0.2, 0) is 14.8 Å². The Hall–Kier alpha value is -3.84. The van der Waals surface area contributed by atoms with E-state index >= 15 is 0 Å². The van der Waals surface area contributed by atoms with Crippen molar-refractivity contribution in [1.82, 2.24) is 14.1 Å². The molecule has 0 saturated carbocycles. The lowest BCUT2D eigenvalue weighted by atomic mass is 10.1. The average Bonchev–Trinajstić information content (AvgIpc) is 3.16. The second-order valence-electron chi connectivity index (χ2n) is 10.6. The molecule has 3 rings (SSSR count). The molecule has 0 spiro atoms. The number of non-ortho nitro benzene ring substituents is 1. The minimum atomic E-state index is -4.06. The van der Waals surface area contributed by atoms with E-state index in [1.54, 1.807) is 58.9 Å². The Bertz CT molecular complexity index is 1370. The molecule has 0 fully saturated rings. The van der Waals surface area contributed by atoms with Gasteiger partial charge in [-0.15, -0.1) is 0 Å². The number of hydrogen-bond acceptors (Lipinski definition) is 8. The number of nitro groups is 1. The molecule has 1 aliphatic heterocycles. The maximum atomic E-state index is 13.5. The van der Waals surface area contributed by atoms with Gasteiger partial charge in [0.1, 0.15) is 5.60 Å². The van der Waals surface area contributed by atoms with Crippen molar-refractivity contribution in [3.63, 3.8) is 0 Å². The van der Waals surface area contributed by atoms with Crippen LogP contribution in [0.25, 0.3) is 0 Å². The van der Waals surface area contributed by atoms with Crippen molar-refractivity contribution < 1.29 is 32.5 Å². The maximum Gasteiger partial charge on any atom is 0.410 e. The summed E-state index contributed by atoms with van der Waals surface area (Å²) in [6.45, 7) is 8.97. The standard InChI is InChI=1S/C28H36N4O8S/c1-6-17-30(41(38,39)22-14-12-20(13-15-22)32(36)37)18-16-21(19-29(7-2)27(35)40-28(3,4)5)31-25(33)23-10-8-9-11-24(23)26(31)34/h8-15,21H,6-7,16-19H2,1-5H3. The molecule has 2 aromatic rings. The third-order valence-corrected chi connectivity index (χ3v) is 8.44. The lowest BCUT2D eigenvalue weighted by Gasteiger charge is -2.34. The van der Waals surface area contributed by atoms with Crippen LogP contribution in [0.3, 0.4) is 0 Å². The first kappa shape index (κ1) is 31.7. The average molecular weight is 589 g/mol. The van der Waals surface area contributed by atoms with E-state index in [0.29, 0.717) is 6.42 Å². The minimum absolute atomic E-state index is 0.0387. The van der Waals surface area contributed by atoms with Crippen LogP contribution in [-0.4, -0.2) is 83.2 Å². The highest BCUT2D eigenvalue weighted by atomic mass is 32.2. The van der Waals surface area contributed by atoms with E-state index in [1.807, 2.05) is 0 Å². The Morgan fingerprint density at radius 1 is 1.00 bits per heavy atom. The first-order chi connectivity index (χ1) is 19.2. The maximum absolute atomic E-state index is 13.5.